The Labute approximate surface area is 109 Å². The standard InChI is InChI=1S/C12H14N4OS/c1-2-13-12(17)16-7-10-11(15-5-4-14-10)9-3-6-18-8-9/h3-6,8H,2,7H2,1H3,(H2,13,16,17). The zero-order chi connectivity index (χ0) is 12.8. The summed E-state index contributed by atoms with van der Waals surface area (Å²) in [4.78, 5) is 19.9. The van der Waals surface area contributed by atoms with Crippen LogP contribution >= 0.6 is 11.3 Å². The summed E-state index contributed by atoms with van der Waals surface area (Å²) in [5.41, 5.74) is 2.61. The number of aromatic nitrogens is 2. The lowest BCUT2D eigenvalue weighted by Gasteiger charge is -2.08. The molecule has 2 rings (SSSR count). The van der Waals surface area contributed by atoms with Crippen molar-refractivity contribution in [2.75, 3.05) is 6.54 Å². The van der Waals surface area contributed by atoms with Crippen molar-refractivity contribution in [2.24, 2.45) is 0 Å². The number of hydrogen-bond acceptors (Lipinski definition) is 4. The average molecular weight is 262 g/mol. The molecule has 0 radical (unpaired) electrons. The minimum absolute atomic E-state index is 0.195. The van der Waals surface area contributed by atoms with Crippen molar-refractivity contribution in [2.45, 2.75) is 13.5 Å². The van der Waals surface area contributed by atoms with E-state index in [2.05, 4.69) is 20.6 Å². The molecule has 0 aromatic carbocycles. The lowest BCUT2D eigenvalue weighted by atomic mass is 10.2. The molecule has 2 aromatic rings. The largest absolute Gasteiger partial charge is 0.338 e. The van der Waals surface area contributed by atoms with Crippen LogP contribution in [0.15, 0.2) is 29.2 Å². The van der Waals surface area contributed by atoms with Crippen LogP contribution in [0.5, 0.6) is 0 Å². The number of urea groups is 1. The molecule has 2 N–H and O–H groups in total. The number of carbonyl (C=O) groups excluding carboxylic acids is 1. The highest BCUT2D eigenvalue weighted by molar-refractivity contribution is 7.08. The predicted octanol–water partition coefficient (Wildman–Crippen LogP) is 2.02. The molecular weight excluding hydrogens is 248 g/mol. The minimum atomic E-state index is -0.195. The SMILES string of the molecule is CCNC(=O)NCc1nccnc1-c1ccsc1. The maximum Gasteiger partial charge on any atom is 0.315 e. The summed E-state index contributed by atoms with van der Waals surface area (Å²) in [5, 5.41) is 9.43. The lowest BCUT2D eigenvalue weighted by molar-refractivity contribution is 0.241. The highest BCUT2D eigenvalue weighted by atomic mass is 32.1. The van der Waals surface area contributed by atoms with E-state index in [1.807, 2.05) is 23.8 Å². The molecule has 2 amide bonds. The van der Waals surface area contributed by atoms with Crippen LogP contribution in [0.25, 0.3) is 11.3 Å². The van der Waals surface area contributed by atoms with E-state index in [1.54, 1.807) is 23.7 Å². The van der Waals surface area contributed by atoms with E-state index in [0.29, 0.717) is 13.1 Å². The van der Waals surface area contributed by atoms with Crippen molar-refractivity contribution in [3.05, 3.63) is 34.9 Å². The molecule has 0 aliphatic rings. The zero-order valence-electron chi connectivity index (χ0n) is 10.0. The molecule has 2 heterocycles. The van der Waals surface area contributed by atoms with Crippen molar-refractivity contribution in [1.29, 1.82) is 0 Å². The van der Waals surface area contributed by atoms with E-state index in [1.165, 1.54) is 0 Å². The molecule has 0 bridgehead atoms. The molecular formula is C12H14N4OS. The second-order valence-electron chi connectivity index (χ2n) is 3.58. The van der Waals surface area contributed by atoms with Gasteiger partial charge in [-0.3, -0.25) is 9.97 Å². The first kappa shape index (κ1) is 12.5. The zero-order valence-corrected chi connectivity index (χ0v) is 10.8. The van der Waals surface area contributed by atoms with Crippen molar-refractivity contribution in [1.82, 2.24) is 20.6 Å². The normalized spacial score (nSPS) is 10.1. The Hall–Kier alpha value is -1.95. The molecule has 2 aromatic heterocycles. The minimum Gasteiger partial charge on any atom is -0.338 e. The molecule has 0 aliphatic heterocycles. The van der Waals surface area contributed by atoms with Gasteiger partial charge in [0.15, 0.2) is 0 Å². The second kappa shape index (κ2) is 6.11. The van der Waals surface area contributed by atoms with Gasteiger partial charge in [-0.25, -0.2) is 4.79 Å². The summed E-state index contributed by atoms with van der Waals surface area (Å²) < 4.78 is 0. The third kappa shape index (κ3) is 3.04. The number of nitrogens with zero attached hydrogens (tertiary/aromatic N) is 2. The Morgan fingerprint density at radius 1 is 1.33 bits per heavy atom. The van der Waals surface area contributed by atoms with E-state index in [-0.39, 0.29) is 6.03 Å². The molecule has 0 fully saturated rings. The van der Waals surface area contributed by atoms with Crippen molar-refractivity contribution in [3.63, 3.8) is 0 Å². The van der Waals surface area contributed by atoms with Gasteiger partial charge < -0.3 is 10.6 Å². The van der Waals surface area contributed by atoms with Crippen LogP contribution in [0.3, 0.4) is 0 Å². The highest BCUT2D eigenvalue weighted by Gasteiger charge is 2.09. The van der Waals surface area contributed by atoms with E-state index >= 15 is 0 Å². The van der Waals surface area contributed by atoms with Crippen LogP contribution in [0.2, 0.25) is 0 Å². The second-order valence-corrected chi connectivity index (χ2v) is 4.36. The van der Waals surface area contributed by atoms with Gasteiger partial charge in [0.1, 0.15) is 0 Å². The third-order valence-electron chi connectivity index (χ3n) is 2.32. The number of thiophene rings is 1. The van der Waals surface area contributed by atoms with E-state index < -0.39 is 0 Å². The first-order valence-electron chi connectivity index (χ1n) is 5.65. The third-order valence-corrected chi connectivity index (χ3v) is 3.01. The molecule has 6 heteroatoms. The molecule has 94 valence electrons. The van der Waals surface area contributed by atoms with Gasteiger partial charge in [0.25, 0.3) is 0 Å². The summed E-state index contributed by atoms with van der Waals surface area (Å²) in [6, 6.07) is 1.80. The smallest absolute Gasteiger partial charge is 0.315 e. The van der Waals surface area contributed by atoms with E-state index in [9.17, 15) is 4.79 Å². The fraction of sp³-hybridized carbons (Fsp3) is 0.250. The summed E-state index contributed by atoms with van der Waals surface area (Å²) in [6.45, 7) is 2.84. The number of carbonyl (C=O) groups is 1. The van der Waals surface area contributed by atoms with Crippen LogP contribution in [0, 0.1) is 0 Å². The Kier molecular flexibility index (Phi) is 4.25. The molecule has 0 saturated heterocycles. The van der Waals surface area contributed by atoms with Gasteiger partial charge in [0.05, 0.1) is 17.9 Å². The fourth-order valence-electron chi connectivity index (χ4n) is 1.52. The summed E-state index contributed by atoms with van der Waals surface area (Å²) in [7, 11) is 0. The number of hydrogen-bond donors (Lipinski definition) is 2. The van der Waals surface area contributed by atoms with Crippen LogP contribution in [0.1, 0.15) is 12.6 Å². The number of nitrogens with one attached hydrogen (secondary N) is 2. The molecule has 0 saturated carbocycles. The average Bonchev–Trinajstić information content (AvgIpc) is 2.91. The Morgan fingerprint density at radius 3 is 2.89 bits per heavy atom. The summed E-state index contributed by atoms with van der Waals surface area (Å²) in [6.07, 6.45) is 3.28. The highest BCUT2D eigenvalue weighted by Crippen LogP contribution is 2.21. The van der Waals surface area contributed by atoms with Gasteiger partial charge in [-0.1, -0.05) is 0 Å². The lowest BCUT2D eigenvalue weighted by Crippen LogP contribution is -2.35. The van der Waals surface area contributed by atoms with Gasteiger partial charge >= 0.3 is 6.03 Å². The summed E-state index contributed by atoms with van der Waals surface area (Å²) in [5.74, 6) is 0. The number of rotatable bonds is 4. The van der Waals surface area contributed by atoms with Gasteiger partial charge in [0, 0.05) is 29.9 Å². The van der Waals surface area contributed by atoms with Gasteiger partial charge in [-0.15, -0.1) is 0 Å². The fourth-order valence-corrected chi connectivity index (χ4v) is 2.16. The Balaban J connectivity index is 2.11. The quantitative estimate of drug-likeness (QED) is 0.886. The topological polar surface area (TPSA) is 66.9 Å². The molecule has 0 unspecified atom stereocenters. The maximum atomic E-state index is 11.3. The van der Waals surface area contributed by atoms with Gasteiger partial charge in [-0.2, -0.15) is 11.3 Å². The van der Waals surface area contributed by atoms with Crippen LogP contribution in [-0.2, 0) is 6.54 Å². The Bertz CT molecular complexity index is 513. The number of amides is 2. The van der Waals surface area contributed by atoms with Crippen LogP contribution < -0.4 is 10.6 Å². The predicted molar refractivity (Wildman–Crippen MR) is 71.3 cm³/mol. The molecule has 18 heavy (non-hydrogen) atoms. The van der Waals surface area contributed by atoms with Gasteiger partial charge in [-0.05, 0) is 18.4 Å². The molecule has 0 spiro atoms. The van der Waals surface area contributed by atoms with Crippen LogP contribution in [0.4, 0.5) is 4.79 Å². The Morgan fingerprint density at radius 2 is 2.17 bits per heavy atom. The molecule has 5 nitrogen and oxygen atoms in total. The van der Waals surface area contributed by atoms with Crippen LogP contribution in [-0.4, -0.2) is 22.5 Å². The van der Waals surface area contributed by atoms with Gasteiger partial charge in [0.2, 0.25) is 0 Å². The van der Waals surface area contributed by atoms with Crippen molar-refractivity contribution < 1.29 is 4.79 Å². The van der Waals surface area contributed by atoms with E-state index in [4.69, 9.17) is 0 Å². The summed E-state index contributed by atoms with van der Waals surface area (Å²) >= 11 is 1.61. The first-order chi connectivity index (χ1) is 8.81. The van der Waals surface area contributed by atoms with E-state index in [0.717, 1.165) is 17.0 Å². The molecule has 0 atom stereocenters. The monoisotopic (exact) mass is 262 g/mol. The van der Waals surface area contributed by atoms with Crippen molar-refractivity contribution >= 4 is 17.4 Å². The maximum absolute atomic E-state index is 11.3. The molecule has 0 aliphatic carbocycles. The van der Waals surface area contributed by atoms with Crippen molar-refractivity contribution in [3.8, 4) is 11.3 Å². The first-order valence-corrected chi connectivity index (χ1v) is 6.59.